The Hall–Kier alpha value is -3.61. The molecule has 1 fully saturated rings. The van der Waals surface area contributed by atoms with Crippen molar-refractivity contribution in [1.29, 1.82) is 5.26 Å². The molecule has 1 saturated carbocycles. The Morgan fingerprint density at radius 1 is 1.28 bits per heavy atom. The van der Waals surface area contributed by atoms with Crippen LogP contribution in [0.25, 0.3) is 6.08 Å². The normalized spacial score (nSPS) is 14.3. The number of phenols is 1. The van der Waals surface area contributed by atoms with E-state index >= 15 is 0 Å². The molecule has 0 saturated heterocycles. The van der Waals surface area contributed by atoms with E-state index in [-0.39, 0.29) is 23.7 Å². The van der Waals surface area contributed by atoms with Gasteiger partial charge in [0.15, 0.2) is 5.75 Å². The third kappa shape index (κ3) is 6.44. The number of hydrogen-bond acceptors (Lipinski definition) is 8. The van der Waals surface area contributed by atoms with Gasteiger partial charge in [-0.15, -0.1) is 0 Å². The minimum absolute atomic E-state index is 0.0432. The fraction of sp³-hybridized carbons (Fsp3) is 0.500. The van der Waals surface area contributed by atoms with E-state index in [0.717, 1.165) is 50.3 Å². The number of rotatable bonds is 8. The number of nitrogens with zero attached hydrogens (tertiary/aromatic N) is 3. The summed E-state index contributed by atoms with van der Waals surface area (Å²) in [7, 11) is 0. The fourth-order valence-electron chi connectivity index (χ4n) is 3.56. The molecule has 0 bridgehead atoms. The van der Waals surface area contributed by atoms with Crippen LogP contribution in [0.1, 0.15) is 51.5 Å². The predicted molar refractivity (Wildman–Crippen MR) is 115 cm³/mol. The van der Waals surface area contributed by atoms with Gasteiger partial charge in [-0.05, 0) is 50.3 Å². The Morgan fingerprint density at radius 3 is 2.50 bits per heavy atom. The molecule has 32 heavy (non-hydrogen) atoms. The summed E-state index contributed by atoms with van der Waals surface area (Å²) < 4.78 is 10.1. The average molecular weight is 445 g/mol. The van der Waals surface area contributed by atoms with E-state index in [0.29, 0.717) is 13.1 Å². The van der Waals surface area contributed by atoms with Crippen LogP contribution in [0.3, 0.4) is 0 Å². The molecule has 1 aromatic rings. The molecule has 0 atom stereocenters. The molecule has 0 unspecified atom stereocenters. The molecule has 1 N–H and O–H groups in total. The van der Waals surface area contributed by atoms with Crippen LogP contribution in [0.2, 0.25) is 0 Å². The summed E-state index contributed by atoms with van der Waals surface area (Å²) in [6.07, 6.45) is 5.23. The first-order valence-electron chi connectivity index (χ1n) is 10.6. The maximum absolute atomic E-state index is 12.5. The number of ether oxygens (including phenoxy) is 2. The molecule has 0 aliphatic heterocycles. The number of carbonyl (C=O) groups excluding carboxylic acids is 2. The van der Waals surface area contributed by atoms with Gasteiger partial charge in [0.25, 0.3) is 5.91 Å². The minimum atomic E-state index is -1.10. The highest BCUT2D eigenvalue weighted by molar-refractivity contribution is 6.01. The van der Waals surface area contributed by atoms with Crippen molar-refractivity contribution in [3.63, 3.8) is 0 Å². The van der Waals surface area contributed by atoms with Crippen LogP contribution < -0.4 is 4.74 Å². The Labute approximate surface area is 186 Å². The summed E-state index contributed by atoms with van der Waals surface area (Å²) >= 11 is 0. The second-order valence-corrected chi connectivity index (χ2v) is 7.46. The number of hydrogen-bond donors (Lipinski definition) is 1. The van der Waals surface area contributed by atoms with Gasteiger partial charge in [-0.3, -0.25) is 14.9 Å². The van der Waals surface area contributed by atoms with Crippen LogP contribution >= 0.6 is 0 Å². The number of phenolic OH excluding ortho intramolecular Hbond substituents is 1. The molecule has 0 spiro atoms. The number of nitro benzene ring substituents is 1. The molecule has 0 aromatic heterocycles. The van der Waals surface area contributed by atoms with E-state index in [1.54, 1.807) is 19.9 Å². The Morgan fingerprint density at radius 2 is 1.94 bits per heavy atom. The van der Waals surface area contributed by atoms with E-state index in [2.05, 4.69) is 0 Å². The van der Waals surface area contributed by atoms with Crippen molar-refractivity contribution in [3.05, 3.63) is 33.4 Å². The van der Waals surface area contributed by atoms with Crippen LogP contribution in [0.15, 0.2) is 17.7 Å². The van der Waals surface area contributed by atoms with E-state index in [4.69, 9.17) is 9.47 Å². The first kappa shape index (κ1) is 24.7. The van der Waals surface area contributed by atoms with Gasteiger partial charge in [-0.1, -0.05) is 19.3 Å². The number of likely N-dealkylation sites (N-methyl/N-ethyl adjacent to an activating group) is 1. The number of carbonyl (C=O) groups is 2. The number of amides is 1. The Bertz CT molecular complexity index is 926. The number of nitriles is 1. The van der Waals surface area contributed by atoms with Gasteiger partial charge in [0, 0.05) is 19.2 Å². The van der Waals surface area contributed by atoms with Crippen LogP contribution in [-0.4, -0.2) is 46.7 Å². The SMILES string of the molecule is CCN(CC)C(=O)C(C#N)=Cc1cc(OC(=O)OCC2CCCCC2)c(O)c([N+](=O)[O-])c1. The lowest BCUT2D eigenvalue weighted by molar-refractivity contribution is -0.385. The molecule has 1 aliphatic carbocycles. The average Bonchev–Trinajstić information content (AvgIpc) is 2.79. The van der Waals surface area contributed by atoms with Crippen LogP contribution in [-0.2, 0) is 9.53 Å². The van der Waals surface area contributed by atoms with Crippen molar-refractivity contribution < 1.29 is 29.1 Å². The third-order valence-corrected chi connectivity index (χ3v) is 5.34. The smallest absolute Gasteiger partial charge is 0.499 e. The van der Waals surface area contributed by atoms with E-state index < -0.39 is 34.2 Å². The third-order valence-electron chi connectivity index (χ3n) is 5.34. The van der Waals surface area contributed by atoms with E-state index in [1.165, 1.54) is 4.90 Å². The van der Waals surface area contributed by atoms with Crippen LogP contribution in [0.4, 0.5) is 10.5 Å². The van der Waals surface area contributed by atoms with E-state index in [1.807, 2.05) is 0 Å². The van der Waals surface area contributed by atoms with Crippen molar-refractivity contribution in [3.8, 4) is 17.6 Å². The van der Waals surface area contributed by atoms with Crippen LogP contribution in [0, 0.1) is 27.4 Å². The topological polar surface area (TPSA) is 143 Å². The zero-order chi connectivity index (χ0) is 23.7. The molecule has 0 radical (unpaired) electrons. The standard InChI is InChI=1S/C22H27N3O7/c1-3-24(4-2)21(27)17(13-23)10-16-11-18(25(29)30)20(26)19(12-16)32-22(28)31-14-15-8-6-5-7-9-15/h10-12,15,26H,3-9,14H2,1-2H3. The molecule has 10 heteroatoms. The second kappa shape index (κ2) is 11.7. The first-order valence-corrected chi connectivity index (χ1v) is 10.6. The lowest BCUT2D eigenvalue weighted by Gasteiger charge is -2.20. The van der Waals surface area contributed by atoms with Crippen molar-refractivity contribution in [2.24, 2.45) is 5.92 Å². The predicted octanol–water partition coefficient (Wildman–Crippen LogP) is 4.17. The second-order valence-electron chi connectivity index (χ2n) is 7.46. The highest BCUT2D eigenvalue weighted by Gasteiger charge is 2.24. The Balaban J connectivity index is 2.27. The van der Waals surface area contributed by atoms with E-state index in [9.17, 15) is 30.1 Å². The van der Waals surface area contributed by atoms with Gasteiger partial charge >= 0.3 is 11.8 Å². The first-order chi connectivity index (χ1) is 15.3. The Kier molecular flexibility index (Phi) is 9.01. The quantitative estimate of drug-likeness (QED) is 0.157. The fourth-order valence-corrected chi connectivity index (χ4v) is 3.56. The molecule has 10 nitrogen and oxygen atoms in total. The zero-order valence-corrected chi connectivity index (χ0v) is 18.2. The minimum Gasteiger partial charge on any atom is -0.499 e. The molecule has 0 heterocycles. The molecule has 1 amide bonds. The maximum Gasteiger partial charge on any atom is 0.513 e. The number of aromatic hydroxyl groups is 1. The van der Waals surface area contributed by atoms with Crippen molar-refractivity contribution in [1.82, 2.24) is 4.90 Å². The molecule has 2 rings (SSSR count). The number of benzene rings is 1. The van der Waals surface area contributed by atoms with Crippen LogP contribution in [0.5, 0.6) is 11.5 Å². The summed E-state index contributed by atoms with van der Waals surface area (Å²) in [5.74, 6) is -1.65. The summed E-state index contributed by atoms with van der Waals surface area (Å²) in [6.45, 7) is 4.44. The van der Waals surface area contributed by atoms with Crippen molar-refractivity contribution >= 4 is 23.8 Å². The zero-order valence-electron chi connectivity index (χ0n) is 18.2. The monoisotopic (exact) mass is 445 g/mol. The van der Waals surface area contributed by atoms with Crippen molar-refractivity contribution in [2.75, 3.05) is 19.7 Å². The maximum atomic E-state index is 12.5. The summed E-state index contributed by atoms with van der Waals surface area (Å²) in [5.41, 5.74) is -0.942. The van der Waals surface area contributed by atoms with Gasteiger partial charge in [-0.2, -0.15) is 5.26 Å². The highest BCUT2D eigenvalue weighted by atomic mass is 16.7. The molecule has 1 aromatic carbocycles. The van der Waals surface area contributed by atoms with Gasteiger partial charge in [0.1, 0.15) is 11.6 Å². The number of nitro groups is 1. The lowest BCUT2D eigenvalue weighted by Crippen LogP contribution is -2.31. The largest absolute Gasteiger partial charge is 0.513 e. The van der Waals surface area contributed by atoms with Gasteiger partial charge < -0.3 is 19.5 Å². The van der Waals surface area contributed by atoms with Gasteiger partial charge in [0.05, 0.1) is 11.5 Å². The van der Waals surface area contributed by atoms with Gasteiger partial charge in [-0.25, -0.2) is 4.79 Å². The summed E-state index contributed by atoms with van der Waals surface area (Å²) in [6, 6.07) is 3.91. The lowest BCUT2D eigenvalue weighted by atomic mass is 9.90. The molecule has 172 valence electrons. The summed E-state index contributed by atoms with van der Waals surface area (Å²) in [5, 5.41) is 30.9. The van der Waals surface area contributed by atoms with Gasteiger partial charge in [0.2, 0.25) is 5.75 Å². The summed E-state index contributed by atoms with van der Waals surface area (Å²) in [4.78, 5) is 36.5. The van der Waals surface area contributed by atoms with Crippen molar-refractivity contribution in [2.45, 2.75) is 46.0 Å². The molecular formula is C22H27N3O7. The molecular weight excluding hydrogens is 418 g/mol. The molecule has 1 aliphatic rings. The highest BCUT2D eigenvalue weighted by Crippen LogP contribution is 2.38.